The van der Waals surface area contributed by atoms with Gasteiger partial charge in [-0.15, -0.1) is 0 Å². The average molecular weight is 578 g/mol. The zero-order chi connectivity index (χ0) is 25.4. The molecule has 2 aromatic carbocycles. The first-order valence-corrected chi connectivity index (χ1v) is 13.0. The van der Waals surface area contributed by atoms with Gasteiger partial charge in [-0.25, -0.2) is 0 Å². The number of hydrogen-bond donors (Lipinski definition) is 2. The van der Waals surface area contributed by atoms with E-state index >= 15 is 0 Å². The summed E-state index contributed by atoms with van der Waals surface area (Å²) in [5.41, 5.74) is 2.43. The van der Waals surface area contributed by atoms with Gasteiger partial charge in [0, 0.05) is 28.7 Å². The number of nitrogens with zero attached hydrogens (tertiary/aromatic N) is 1. The highest BCUT2D eigenvalue weighted by atomic mass is 79.9. The van der Waals surface area contributed by atoms with Gasteiger partial charge in [0.05, 0.1) is 4.91 Å². The van der Waals surface area contributed by atoms with Gasteiger partial charge in [0.25, 0.3) is 11.8 Å². The van der Waals surface area contributed by atoms with Gasteiger partial charge in [-0.05, 0) is 56.2 Å². The number of carbonyl (C=O) groups excluding carboxylic acids is 2. The maximum Gasteiger partial charge on any atom is 0.303 e. The number of aryl methyl sites for hydroxylation is 1. The lowest BCUT2D eigenvalue weighted by molar-refractivity contribution is -0.137. The van der Waals surface area contributed by atoms with Gasteiger partial charge in [0.1, 0.15) is 10.1 Å². The molecule has 7 nitrogen and oxygen atoms in total. The number of halogens is 1. The molecule has 0 aromatic heterocycles. The molecule has 35 heavy (non-hydrogen) atoms. The summed E-state index contributed by atoms with van der Waals surface area (Å²) in [5.74, 6) is -0.845. The largest absolute Gasteiger partial charge is 0.483 e. The van der Waals surface area contributed by atoms with Gasteiger partial charge in [-0.3, -0.25) is 19.3 Å². The second-order valence-electron chi connectivity index (χ2n) is 7.92. The first-order valence-electron chi connectivity index (χ1n) is 11.0. The molecule has 0 atom stereocenters. The van der Waals surface area contributed by atoms with Crippen molar-refractivity contribution in [2.45, 2.75) is 32.6 Å². The maximum atomic E-state index is 12.9. The molecule has 2 N–H and O–H groups in total. The van der Waals surface area contributed by atoms with Crippen LogP contribution in [0.2, 0.25) is 0 Å². The van der Waals surface area contributed by atoms with Crippen molar-refractivity contribution in [3.8, 4) is 5.75 Å². The van der Waals surface area contributed by atoms with Crippen LogP contribution in [0.4, 0.5) is 5.69 Å². The quantitative estimate of drug-likeness (QED) is 0.203. The standard InChI is InChI=1S/C25H25BrN2O5S2/c1-16-6-9-19(10-7-16)27-22(29)15-33-20-11-8-18(26)13-17(20)14-21-24(32)28(25(34)35-21)12-4-2-3-5-23(30)31/h6-11,13-14H,2-5,12,15H2,1H3,(H,27,29)(H,30,31)/b21-14-. The van der Waals surface area contributed by atoms with Gasteiger partial charge < -0.3 is 15.2 Å². The molecular formula is C25H25BrN2O5S2. The Morgan fingerprint density at radius 2 is 1.91 bits per heavy atom. The molecule has 184 valence electrons. The van der Waals surface area contributed by atoms with Crippen LogP contribution in [0.15, 0.2) is 51.8 Å². The molecule has 1 fully saturated rings. The van der Waals surface area contributed by atoms with Crippen LogP contribution in [0.25, 0.3) is 6.08 Å². The van der Waals surface area contributed by atoms with Crippen LogP contribution in [-0.4, -0.2) is 45.3 Å². The number of nitrogens with one attached hydrogen (secondary N) is 1. The van der Waals surface area contributed by atoms with Crippen LogP contribution in [0, 0.1) is 6.92 Å². The number of carboxylic acid groups (broad SMARTS) is 1. The lowest BCUT2D eigenvalue weighted by Crippen LogP contribution is -2.29. The molecule has 0 unspecified atom stereocenters. The number of aliphatic carboxylic acids is 1. The second-order valence-corrected chi connectivity index (χ2v) is 10.5. The Balaban J connectivity index is 1.63. The minimum atomic E-state index is -0.821. The topological polar surface area (TPSA) is 95.9 Å². The summed E-state index contributed by atoms with van der Waals surface area (Å²) in [5, 5.41) is 11.5. The van der Waals surface area contributed by atoms with Crippen molar-refractivity contribution in [3.63, 3.8) is 0 Å². The maximum absolute atomic E-state index is 12.9. The highest BCUT2D eigenvalue weighted by molar-refractivity contribution is 9.10. The highest BCUT2D eigenvalue weighted by Gasteiger charge is 2.31. The van der Waals surface area contributed by atoms with Crippen LogP contribution in [0.1, 0.15) is 36.8 Å². The monoisotopic (exact) mass is 576 g/mol. The van der Waals surface area contributed by atoms with E-state index in [9.17, 15) is 14.4 Å². The molecule has 1 heterocycles. The Morgan fingerprint density at radius 1 is 1.17 bits per heavy atom. The van der Waals surface area contributed by atoms with Crippen LogP contribution in [0.5, 0.6) is 5.75 Å². The van der Waals surface area contributed by atoms with E-state index in [0.29, 0.717) is 52.0 Å². The zero-order valence-corrected chi connectivity index (χ0v) is 22.3. The fourth-order valence-corrected chi connectivity index (χ4v) is 4.98. The molecule has 2 amide bonds. The number of carboxylic acids is 1. The average Bonchev–Trinajstić information content (AvgIpc) is 3.07. The molecule has 1 aliphatic rings. The Bertz CT molecular complexity index is 1150. The summed E-state index contributed by atoms with van der Waals surface area (Å²) < 4.78 is 7.03. The van der Waals surface area contributed by atoms with E-state index in [1.54, 1.807) is 23.1 Å². The number of hydrogen-bond acceptors (Lipinski definition) is 6. The molecule has 3 rings (SSSR count). The van der Waals surface area contributed by atoms with Crippen LogP contribution in [-0.2, 0) is 14.4 Å². The van der Waals surface area contributed by atoms with Crippen molar-refractivity contribution < 1.29 is 24.2 Å². The number of carbonyl (C=O) groups is 3. The summed E-state index contributed by atoms with van der Waals surface area (Å²) in [6.07, 6.45) is 3.77. The summed E-state index contributed by atoms with van der Waals surface area (Å²) in [7, 11) is 0. The van der Waals surface area contributed by atoms with E-state index in [1.165, 1.54) is 11.8 Å². The van der Waals surface area contributed by atoms with E-state index in [2.05, 4.69) is 21.2 Å². The SMILES string of the molecule is Cc1ccc(NC(=O)COc2ccc(Br)cc2/C=C2\SC(=S)N(CCCCCC(=O)O)C2=O)cc1. The van der Waals surface area contributed by atoms with Crippen molar-refractivity contribution >= 4 is 73.8 Å². The van der Waals surface area contributed by atoms with Crippen molar-refractivity contribution in [1.29, 1.82) is 0 Å². The third-order valence-corrected chi connectivity index (χ3v) is 6.97. The van der Waals surface area contributed by atoms with Gasteiger partial charge in [0.2, 0.25) is 0 Å². The van der Waals surface area contributed by atoms with Crippen molar-refractivity contribution in [3.05, 3.63) is 63.0 Å². The number of thiocarbonyl (C=S) groups is 1. The molecule has 1 saturated heterocycles. The van der Waals surface area contributed by atoms with Crippen molar-refractivity contribution in [2.75, 3.05) is 18.5 Å². The van der Waals surface area contributed by atoms with E-state index in [4.69, 9.17) is 22.1 Å². The fourth-order valence-electron chi connectivity index (χ4n) is 3.30. The van der Waals surface area contributed by atoms with Crippen LogP contribution < -0.4 is 10.1 Å². The molecule has 0 aliphatic carbocycles. The number of amides is 2. The van der Waals surface area contributed by atoms with Crippen LogP contribution >= 0.6 is 39.9 Å². The second kappa shape index (κ2) is 12.9. The van der Waals surface area contributed by atoms with E-state index < -0.39 is 5.97 Å². The minimum Gasteiger partial charge on any atom is -0.483 e. The first-order chi connectivity index (χ1) is 16.7. The van der Waals surface area contributed by atoms with Gasteiger partial charge in [0.15, 0.2) is 6.61 Å². The molecule has 0 spiro atoms. The Morgan fingerprint density at radius 3 is 2.63 bits per heavy atom. The number of thioether (sulfide) groups is 1. The summed E-state index contributed by atoms with van der Waals surface area (Å²) >= 11 is 10.0. The Kier molecular flexibility index (Phi) is 9.88. The van der Waals surface area contributed by atoms with Gasteiger partial charge >= 0.3 is 5.97 Å². The predicted molar refractivity (Wildman–Crippen MR) is 145 cm³/mol. The number of benzene rings is 2. The Labute approximate surface area is 222 Å². The van der Waals surface area contributed by atoms with Gasteiger partial charge in [-0.2, -0.15) is 0 Å². The smallest absolute Gasteiger partial charge is 0.303 e. The zero-order valence-electron chi connectivity index (χ0n) is 19.1. The van der Waals surface area contributed by atoms with Crippen LogP contribution in [0.3, 0.4) is 0 Å². The normalized spacial score (nSPS) is 14.5. The fraction of sp³-hybridized carbons (Fsp3) is 0.280. The number of ether oxygens (including phenoxy) is 1. The lowest BCUT2D eigenvalue weighted by atomic mass is 10.1. The predicted octanol–water partition coefficient (Wildman–Crippen LogP) is 5.62. The number of anilines is 1. The van der Waals surface area contributed by atoms with E-state index in [1.807, 2.05) is 37.3 Å². The third kappa shape index (κ3) is 8.19. The van der Waals surface area contributed by atoms with E-state index in [-0.39, 0.29) is 24.8 Å². The molecular weight excluding hydrogens is 552 g/mol. The first kappa shape index (κ1) is 26.9. The number of unbranched alkanes of at least 4 members (excludes halogenated alkanes) is 2. The highest BCUT2D eigenvalue weighted by Crippen LogP contribution is 2.35. The minimum absolute atomic E-state index is 0.118. The molecule has 1 aliphatic heterocycles. The molecule has 10 heteroatoms. The summed E-state index contributed by atoms with van der Waals surface area (Å²) in [6.45, 7) is 2.23. The van der Waals surface area contributed by atoms with Gasteiger partial charge in [-0.1, -0.05) is 64.0 Å². The molecule has 0 bridgehead atoms. The summed E-state index contributed by atoms with van der Waals surface area (Å²) in [6, 6.07) is 12.8. The molecule has 0 radical (unpaired) electrons. The molecule has 0 saturated carbocycles. The molecule has 2 aromatic rings. The number of rotatable bonds is 11. The lowest BCUT2D eigenvalue weighted by Gasteiger charge is -2.14. The Hall–Kier alpha value is -2.69. The summed E-state index contributed by atoms with van der Waals surface area (Å²) in [4.78, 5) is 37.9. The van der Waals surface area contributed by atoms with Crippen molar-refractivity contribution in [1.82, 2.24) is 4.90 Å². The van der Waals surface area contributed by atoms with E-state index in [0.717, 1.165) is 10.0 Å². The third-order valence-electron chi connectivity index (χ3n) is 5.10. The van der Waals surface area contributed by atoms with Crippen molar-refractivity contribution in [2.24, 2.45) is 0 Å².